The van der Waals surface area contributed by atoms with Crippen molar-refractivity contribution in [2.24, 2.45) is 0 Å². The predicted octanol–water partition coefficient (Wildman–Crippen LogP) is 1.70. The largest absolute Gasteiger partial charge is 0.445 e. The maximum Gasteiger partial charge on any atom is 0.407 e. The Morgan fingerprint density at radius 3 is 2.58 bits per heavy atom. The number of carbonyl (C=O) groups excluding carboxylic acids is 1. The molecule has 0 aliphatic heterocycles. The fourth-order valence-corrected chi connectivity index (χ4v) is 1.38. The maximum atomic E-state index is 11.5. The lowest BCUT2D eigenvalue weighted by Crippen LogP contribution is -2.41. The molecule has 0 fully saturated rings. The van der Waals surface area contributed by atoms with E-state index in [0.29, 0.717) is 0 Å². The molecule has 0 radical (unpaired) electrons. The van der Waals surface area contributed by atoms with Crippen molar-refractivity contribution in [3.8, 4) is 0 Å². The Labute approximate surface area is 113 Å². The molecule has 1 atom stereocenters. The molecule has 0 spiro atoms. The molecule has 2 N–H and O–H groups in total. The number of alkyl carbamates (subject to hydrolysis) is 1. The molecule has 0 aromatic heterocycles. The summed E-state index contributed by atoms with van der Waals surface area (Å²) >= 11 is 0. The molecule has 1 aromatic rings. The van der Waals surface area contributed by atoms with Gasteiger partial charge < -0.3 is 19.9 Å². The van der Waals surface area contributed by atoms with Crippen LogP contribution in [0, 0.1) is 0 Å². The van der Waals surface area contributed by atoms with Crippen LogP contribution in [0.1, 0.15) is 19.4 Å². The molecule has 0 heterocycles. The van der Waals surface area contributed by atoms with Crippen LogP contribution in [0.15, 0.2) is 30.3 Å². The number of amides is 1. The third-order valence-corrected chi connectivity index (χ3v) is 2.39. The van der Waals surface area contributed by atoms with Crippen molar-refractivity contribution in [3.63, 3.8) is 0 Å². The summed E-state index contributed by atoms with van der Waals surface area (Å²) in [5, 5.41) is 11.7. The van der Waals surface area contributed by atoms with Crippen LogP contribution in [-0.4, -0.2) is 36.6 Å². The van der Waals surface area contributed by atoms with Crippen molar-refractivity contribution < 1.29 is 19.4 Å². The third kappa shape index (κ3) is 6.79. The first-order valence-electron chi connectivity index (χ1n) is 6.31. The van der Waals surface area contributed by atoms with Gasteiger partial charge in [0.25, 0.3) is 0 Å². The van der Waals surface area contributed by atoms with Crippen molar-refractivity contribution in [3.05, 3.63) is 35.9 Å². The first kappa shape index (κ1) is 15.5. The second-order valence-electron chi connectivity index (χ2n) is 4.47. The van der Waals surface area contributed by atoms with Gasteiger partial charge in [-0.2, -0.15) is 0 Å². The van der Waals surface area contributed by atoms with Crippen LogP contribution in [0.5, 0.6) is 0 Å². The number of ether oxygens (including phenoxy) is 2. The Morgan fingerprint density at radius 1 is 1.32 bits per heavy atom. The number of aliphatic hydroxyl groups excluding tert-OH is 1. The van der Waals surface area contributed by atoms with Crippen molar-refractivity contribution in [1.29, 1.82) is 0 Å². The molecule has 0 saturated heterocycles. The van der Waals surface area contributed by atoms with E-state index in [1.165, 1.54) is 0 Å². The van der Waals surface area contributed by atoms with Gasteiger partial charge in [-0.25, -0.2) is 4.79 Å². The van der Waals surface area contributed by atoms with Gasteiger partial charge in [0.1, 0.15) is 6.61 Å². The first-order valence-corrected chi connectivity index (χ1v) is 6.31. The topological polar surface area (TPSA) is 67.8 Å². The van der Waals surface area contributed by atoms with Gasteiger partial charge in [-0.1, -0.05) is 30.3 Å². The highest BCUT2D eigenvalue weighted by atomic mass is 16.5. The molecule has 1 aromatic carbocycles. The minimum atomic E-state index is -0.560. The van der Waals surface area contributed by atoms with Gasteiger partial charge in [-0.15, -0.1) is 0 Å². The van der Waals surface area contributed by atoms with E-state index in [2.05, 4.69) is 5.32 Å². The van der Waals surface area contributed by atoms with Crippen molar-refractivity contribution in [2.45, 2.75) is 32.6 Å². The summed E-state index contributed by atoms with van der Waals surface area (Å²) < 4.78 is 10.4. The fraction of sp³-hybridized carbons (Fsp3) is 0.500. The van der Waals surface area contributed by atoms with E-state index in [1.54, 1.807) is 0 Å². The predicted molar refractivity (Wildman–Crippen MR) is 71.7 cm³/mol. The molecule has 1 amide bonds. The van der Waals surface area contributed by atoms with E-state index in [4.69, 9.17) is 14.6 Å². The zero-order valence-corrected chi connectivity index (χ0v) is 11.3. The average molecular weight is 267 g/mol. The van der Waals surface area contributed by atoms with Crippen molar-refractivity contribution in [1.82, 2.24) is 5.32 Å². The molecule has 0 saturated carbocycles. The van der Waals surface area contributed by atoms with E-state index < -0.39 is 12.1 Å². The van der Waals surface area contributed by atoms with Crippen molar-refractivity contribution in [2.75, 3.05) is 13.2 Å². The van der Waals surface area contributed by atoms with Gasteiger partial charge in [-0.05, 0) is 19.4 Å². The Hall–Kier alpha value is -1.59. The molecule has 0 aliphatic carbocycles. The number of benzene rings is 1. The molecular formula is C14H21NO4. The van der Waals surface area contributed by atoms with Gasteiger partial charge in [0.15, 0.2) is 0 Å². The van der Waals surface area contributed by atoms with E-state index in [1.807, 2.05) is 44.2 Å². The Balaban J connectivity index is 2.29. The van der Waals surface area contributed by atoms with E-state index in [9.17, 15) is 4.79 Å². The standard InChI is InChI=1S/C14H21NO4/c1-11(2)18-10-13(8-16)15-14(17)19-9-12-6-4-3-5-7-12/h3-7,11,13,16H,8-10H2,1-2H3,(H,15,17)/t13-/m1/s1. The minimum absolute atomic E-state index is 0.0520. The summed E-state index contributed by atoms with van der Waals surface area (Å²) in [7, 11) is 0. The van der Waals surface area contributed by atoms with Gasteiger partial charge >= 0.3 is 6.09 Å². The highest BCUT2D eigenvalue weighted by Gasteiger charge is 2.13. The van der Waals surface area contributed by atoms with E-state index >= 15 is 0 Å². The SMILES string of the molecule is CC(C)OC[C@@H](CO)NC(=O)OCc1ccccc1. The summed E-state index contributed by atoms with van der Waals surface area (Å²) in [6, 6.07) is 8.95. The van der Waals surface area contributed by atoms with Gasteiger partial charge in [-0.3, -0.25) is 0 Å². The fourth-order valence-electron chi connectivity index (χ4n) is 1.38. The molecule has 19 heavy (non-hydrogen) atoms. The number of carbonyl (C=O) groups is 1. The van der Waals surface area contributed by atoms with E-state index in [0.717, 1.165) is 5.56 Å². The molecule has 1 rings (SSSR count). The summed E-state index contributed by atoms with van der Waals surface area (Å²) in [5.41, 5.74) is 0.914. The van der Waals surface area contributed by atoms with Crippen LogP contribution in [0.4, 0.5) is 4.79 Å². The Morgan fingerprint density at radius 2 is 2.00 bits per heavy atom. The number of nitrogens with one attached hydrogen (secondary N) is 1. The van der Waals surface area contributed by atoms with Crippen LogP contribution in [0.3, 0.4) is 0 Å². The second kappa shape index (κ2) is 8.50. The van der Waals surface area contributed by atoms with Crippen LogP contribution in [0.25, 0.3) is 0 Å². The van der Waals surface area contributed by atoms with Crippen LogP contribution >= 0.6 is 0 Å². The summed E-state index contributed by atoms with van der Waals surface area (Å²) in [6.07, 6.45) is -0.508. The van der Waals surface area contributed by atoms with Crippen LogP contribution in [0.2, 0.25) is 0 Å². The zero-order chi connectivity index (χ0) is 14.1. The summed E-state index contributed by atoms with van der Waals surface area (Å²) in [6.45, 7) is 4.06. The molecule has 5 heteroatoms. The Bertz CT molecular complexity index is 367. The van der Waals surface area contributed by atoms with Crippen molar-refractivity contribution >= 4 is 6.09 Å². The maximum absolute atomic E-state index is 11.5. The first-order chi connectivity index (χ1) is 9.11. The smallest absolute Gasteiger partial charge is 0.407 e. The highest BCUT2D eigenvalue weighted by molar-refractivity contribution is 5.67. The molecule has 106 valence electrons. The van der Waals surface area contributed by atoms with Crippen LogP contribution < -0.4 is 5.32 Å². The quantitative estimate of drug-likeness (QED) is 0.789. The third-order valence-electron chi connectivity index (χ3n) is 2.39. The highest BCUT2D eigenvalue weighted by Crippen LogP contribution is 2.01. The summed E-state index contributed by atoms with van der Waals surface area (Å²) in [4.78, 5) is 11.5. The van der Waals surface area contributed by atoms with E-state index in [-0.39, 0.29) is 25.9 Å². The molecule has 0 bridgehead atoms. The molecule has 5 nitrogen and oxygen atoms in total. The number of rotatable bonds is 7. The zero-order valence-electron chi connectivity index (χ0n) is 11.3. The molecule has 0 aliphatic rings. The van der Waals surface area contributed by atoms with Gasteiger partial charge in [0, 0.05) is 0 Å². The number of hydrogen-bond donors (Lipinski definition) is 2. The monoisotopic (exact) mass is 267 g/mol. The minimum Gasteiger partial charge on any atom is -0.445 e. The number of hydrogen-bond acceptors (Lipinski definition) is 4. The lowest BCUT2D eigenvalue weighted by Gasteiger charge is -2.17. The lowest BCUT2D eigenvalue weighted by molar-refractivity contribution is 0.0440. The normalized spacial score (nSPS) is 12.2. The second-order valence-corrected chi connectivity index (χ2v) is 4.47. The van der Waals surface area contributed by atoms with Gasteiger partial charge in [0.05, 0.1) is 25.4 Å². The lowest BCUT2D eigenvalue weighted by atomic mass is 10.2. The van der Waals surface area contributed by atoms with Crippen LogP contribution in [-0.2, 0) is 16.1 Å². The number of aliphatic hydroxyl groups is 1. The molecular weight excluding hydrogens is 246 g/mol. The van der Waals surface area contributed by atoms with Gasteiger partial charge in [0.2, 0.25) is 0 Å². The average Bonchev–Trinajstić information content (AvgIpc) is 2.42. The molecule has 0 unspecified atom stereocenters. The summed E-state index contributed by atoms with van der Waals surface area (Å²) in [5.74, 6) is 0. The Kier molecular flexibility index (Phi) is 6.92.